The summed E-state index contributed by atoms with van der Waals surface area (Å²) in [5.74, 6) is 0.718. The summed E-state index contributed by atoms with van der Waals surface area (Å²) in [6.45, 7) is 3.87. The summed E-state index contributed by atoms with van der Waals surface area (Å²) in [7, 11) is 3.67. The smallest absolute Gasteiger partial charge is 0.253 e. The Kier molecular flexibility index (Phi) is 9.25. The lowest BCUT2D eigenvalue weighted by Gasteiger charge is -2.17. The van der Waals surface area contributed by atoms with Crippen molar-refractivity contribution in [3.63, 3.8) is 0 Å². The minimum Gasteiger partial charge on any atom is -0.487 e. The van der Waals surface area contributed by atoms with E-state index in [4.69, 9.17) is 4.74 Å². The summed E-state index contributed by atoms with van der Waals surface area (Å²) in [4.78, 5) is 18.5. The van der Waals surface area contributed by atoms with Crippen LogP contribution in [0.1, 0.15) is 21.6 Å². The van der Waals surface area contributed by atoms with Crippen molar-refractivity contribution < 1.29 is 9.53 Å². The fourth-order valence-corrected chi connectivity index (χ4v) is 2.68. The highest BCUT2D eigenvalue weighted by Crippen LogP contribution is 2.16. The fourth-order valence-electron chi connectivity index (χ4n) is 2.68. The number of nitrogens with one attached hydrogen (secondary N) is 1. The number of amides is 1. The molecular formula is C20H26Cl2N4O2. The third kappa shape index (κ3) is 5.86. The number of halogens is 2. The number of aryl methyl sites for hydroxylation is 1. The van der Waals surface area contributed by atoms with E-state index < -0.39 is 0 Å². The average Bonchev–Trinajstić information content (AvgIpc) is 3.06. The van der Waals surface area contributed by atoms with Gasteiger partial charge in [-0.25, -0.2) is 4.98 Å². The first-order chi connectivity index (χ1) is 12.6. The third-order valence-corrected chi connectivity index (χ3v) is 4.18. The molecule has 0 aliphatic heterocycles. The lowest BCUT2D eigenvalue weighted by molar-refractivity contribution is 0.0797. The van der Waals surface area contributed by atoms with Crippen LogP contribution in [0.2, 0.25) is 0 Å². The molecule has 0 fully saturated rings. The van der Waals surface area contributed by atoms with Crippen molar-refractivity contribution in [2.24, 2.45) is 0 Å². The largest absolute Gasteiger partial charge is 0.487 e. The number of carbonyl (C=O) groups excluding carboxylic acids is 1. The molecule has 28 heavy (non-hydrogen) atoms. The van der Waals surface area contributed by atoms with Gasteiger partial charge in [-0.1, -0.05) is 6.07 Å². The summed E-state index contributed by atoms with van der Waals surface area (Å²) in [6.07, 6.45) is 4.01. The third-order valence-electron chi connectivity index (χ3n) is 4.18. The van der Waals surface area contributed by atoms with Crippen molar-refractivity contribution in [1.29, 1.82) is 0 Å². The van der Waals surface area contributed by atoms with Crippen LogP contribution in [-0.2, 0) is 6.61 Å². The molecule has 2 aromatic heterocycles. The predicted molar refractivity (Wildman–Crippen MR) is 116 cm³/mol. The molecule has 0 bridgehead atoms. The van der Waals surface area contributed by atoms with Gasteiger partial charge in [0.1, 0.15) is 18.0 Å². The van der Waals surface area contributed by atoms with E-state index in [1.807, 2.05) is 48.1 Å². The highest BCUT2D eigenvalue weighted by Gasteiger charge is 2.11. The summed E-state index contributed by atoms with van der Waals surface area (Å²) in [5, 5.41) is 3.04. The topological polar surface area (TPSA) is 58.9 Å². The number of hydrogen-bond acceptors (Lipinski definition) is 4. The van der Waals surface area contributed by atoms with E-state index in [1.54, 1.807) is 24.1 Å². The maximum absolute atomic E-state index is 12.3. The summed E-state index contributed by atoms with van der Waals surface area (Å²) in [5.41, 5.74) is 3.60. The summed E-state index contributed by atoms with van der Waals surface area (Å²) < 4.78 is 7.80. The molecule has 0 atom stereocenters. The standard InChI is InChI=1S/C20H24N4O2.2ClH/c1-15-4-9-19-22-17(13-24(19)12-15)14-26-18-7-5-16(6-8-18)20(25)23(3)11-10-21-2;;/h4-9,12-13,21H,10-11,14H2,1-3H3;2*1H. The van der Waals surface area contributed by atoms with E-state index in [0.717, 1.165) is 17.9 Å². The molecule has 0 radical (unpaired) electrons. The highest BCUT2D eigenvalue weighted by molar-refractivity contribution is 5.94. The van der Waals surface area contributed by atoms with Crippen LogP contribution < -0.4 is 10.1 Å². The first kappa shape index (κ1) is 23.8. The van der Waals surface area contributed by atoms with Crippen molar-refractivity contribution >= 4 is 36.4 Å². The maximum Gasteiger partial charge on any atom is 0.253 e. The first-order valence-corrected chi connectivity index (χ1v) is 8.64. The second kappa shape index (κ2) is 10.9. The molecule has 0 saturated heterocycles. The lowest BCUT2D eigenvalue weighted by atomic mass is 10.2. The summed E-state index contributed by atoms with van der Waals surface area (Å²) in [6, 6.07) is 11.2. The minimum absolute atomic E-state index is 0. The molecule has 3 aromatic rings. The van der Waals surface area contributed by atoms with Crippen LogP contribution in [0.5, 0.6) is 5.75 Å². The SMILES string of the molecule is CNCCN(C)C(=O)c1ccc(OCc2cn3cc(C)ccc3n2)cc1.Cl.Cl. The lowest BCUT2D eigenvalue weighted by Crippen LogP contribution is -2.32. The number of aromatic nitrogens is 2. The average molecular weight is 425 g/mol. The Labute approximate surface area is 177 Å². The van der Waals surface area contributed by atoms with E-state index in [9.17, 15) is 4.79 Å². The van der Waals surface area contributed by atoms with Crippen molar-refractivity contribution in [3.05, 3.63) is 65.6 Å². The normalized spacial score (nSPS) is 10.1. The van der Waals surface area contributed by atoms with Gasteiger partial charge in [0.2, 0.25) is 0 Å². The first-order valence-electron chi connectivity index (χ1n) is 8.64. The molecule has 0 saturated carbocycles. The molecule has 2 heterocycles. The Morgan fingerprint density at radius 3 is 2.54 bits per heavy atom. The Bertz CT molecular complexity index is 897. The minimum atomic E-state index is 0. The Morgan fingerprint density at radius 1 is 1.14 bits per heavy atom. The second-order valence-corrected chi connectivity index (χ2v) is 6.35. The van der Waals surface area contributed by atoms with Gasteiger partial charge in [0.05, 0.1) is 5.69 Å². The van der Waals surface area contributed by atoms with Crippen LogP contribution in [0.3, 0.4) is 0 Å². The number of pyridine rings is 1. The zero-order valence-corrected chi connectivity index (χ0v) is 17.8. The highest BCUT2D eigenvalue weighted by atomic mass is 35.5. The molecule has 6 nitrogen and oxygen atoms in total. The molecule has 0 aliphatic rings. The number of fused-ring (bicyclic) bond motifs is 1. The van der Waals surface area contributed by atoms with E-state index in [0.29, 0.717) is 24.5 Å². The quantitative estimate of drug-likeness (QED) is 0.631. The van der Waals surface area contributed by atoms with Gasteiger partial charge in [-0.3, -0.25) is 4.79 Å². The van der Waals surface area contributed by atoms with Gasteiger partial charge < -0.3 is 19.4 Å². The fraction of sp³-hybridized carbons (Fsp3) is 0.300. The Balaban J connectivity index is 0.00000196. The zero-order chi connectivity index (χ0) is 18.5. The molecule has 1 N–H and O–H groups in total. The van der Waals surface area contributed by atoms with Gasteiger partial charge in [0, 0.05) is 38.1 Å². The van der Waals surface area contributed by atoms with Crippen LogP contribution >= 0.6 is 24.8 Å². The van der Waals surface area contributed by atoms with Gasteiger partial charge in [-0.15, -0.1) is 24.8 Å². The van der Waals surface area contributed by atoms with Crippen LogP contribution in [0, 0.1) is 6.92 Å². The van der Waals surface area contributed by atoms with Crippen molar-refractivity contribution in [2.45, 2.75) is 13.5 Å². The van der Waals surface area contributed by atoms with Gasteiger partial charge in [0.25, 0.3) is 5.91 Å². The Hall–Kier alpha value is -2.28. The van der Waals surface area contributed by atoms with Crippen molar-refractivity contribution in [2.75, 3.05) is 27.2 Å². The van der Waals surface area contributed by atoms with E-state index in [2.05, 4.69) is 17.2 Å². The number of ether oxygens (including phenoxy) is 1. The van der Waals surface area contributed by atoms with Crippen LogP contribution in [-0.4, -0.2) is 47.4 Å². The van der Waals surface area contributed by atoms with Gasteiger partial charge in [-0.05, 0) is 49.9 Å². The van der Waals surface area contributed by atoms with Gasteiger partial charge in [-0.2, -0.15) is 0 Å². The summed E-state index contributed by atoms with van der Waals surface area (Å²) >= 11 is 0. The molecule has 1 amide bonds. The molecule has 1 aromatic carbocycles. The number of likely N-dealkylation sites (N-methyl/N-ethyl adjacent to an activating group) is 2. The van der Waals surface area contributed by atoms with E-state index in [-0.39, 0.29) is 30.7 Å². The van der Waals surface area contributed by atoms with E-state index >= 15 is 0 Å². The molecular weight excluding hydrogens is 399 g/mol. The van der Waals surface area contributed by atoms with Crippen LogP contribution in [0.25, 0.3) is 5.65 Å². The van der Waals surface area contributed by atoms with Crippen molar-refractivity contribution in [3.8, 4) is 5.75 Å². The molecule has 152 valence electrons. The second-order valence-electron chi connectivity index (χ2n) is 6.35. The number of rotatable bonds is 7. The Morgan fingerprint density at radius 2 is 1.86 bits per heavy atom. The number of benzene rings is 1. The van der Waals surface area contributed by atoms with Gasteiger partial charge in [0.15, 0.2) is 0 Å². The van der Waals surface area contributed by atoms with Gasteiger partial charge >= 0.3 is 0 Å². The molecule has 0 aliphatic carbocycles. The molecule has 0 spiro atoms. The van der Waals surface area contributed by atoms with Crippen LogP contribution in [0.4, 0.5) is 0 Å². The monoisotopic (exact) mass is 424 g/mol. The van der Waals surface area contributed by atoms with Crippen LogP contribution in [0.15, 0.2) is 48.8 Å². The zero-order valence-electron chi connectivity index (χ0n) is 16.2. The van der Waals surface area contributed by atoms with E-state index in [1.165, 1.54) is 5.56 Å². The maximum atomic E-state index is 12.3. The molecule has 8 heteroatoms. The number of carbonyl (C=O) groups is 1. The number of nitrogens with zero attached hydrogens (tertiary/aromatic N) is 3. The number of imidazole rings is 1. The molecule has 0 unspecified atom stereocenters. The van der Waals surface area contributed by atoms with Crippen molar-refractivity contribution in [1.82, 2.24) is 19.6 Å². The predicted octanol–water partition coefficient (Wildman–Crippen LogP) is 3.36. The number of hydrogen-bond donors (Lipinski definition) is 1. The molecule has 3 rings (SSSR count).